The number of rotatable bonds is 2. The maximum Gasteiger partial charge on any atom is 0.244 e. The molecule has 0 aromatic carbocycles. The van der Waals surface area contributed by atoms with E-state index in [1.807, 2.05) is 0 Å². The Morgan fingerprint density at radius 3 is 2.75 bits per heavy atom. The van der Waals surface area contributed by atoms with Gasteiger partial charge in [-0.3, -0.25) is 9.59 Å². The SMILES string of the molecule is CN1CCC(NC(=O)[C@@H]2CCNC2)C1=O.Cl. The van der Waals surface area contributed by atoms with Crippen LogP contribution < -0.4 is 10.6 Å². The molecule has 0 aromatic heterocycles. The molecule has 92 valence electrons. The average molecular weight is 248 g/mol. The molecule has 2 aliphatic heterocycles. The third-order valence-electron chi connectivity index (χ3n) is 3.18. The number of likely N-dealkylation sites (N-methyl/N-ethyl adjacent to an activating group) is 1. The first-order valence-electron chi connectivity index (χ1n) is 5.44. The molecule has 2 saturated heterocycles. The first-order chi connectivity index (χ1) is 7.18. The van der Waals surface area contributed by atoms with E-state index in [9.17, 15) is 9.59 Å². The zero-order chi connectivity index (χ0) is 10.8. The van der Waals surface area contributed by atoms with Crippen LogP contribution in [0.1, 0.15) is 12.8 Å². The predicted molar refractivity (Wildman–Crippen MR) is 62.4 cm³/mol. The molecule has 0 bridgehead atoms. The highest BCUT2D eigenvalue weighted by Gasteiger charge is 2.32. The highest BCUT2D eigenvalue weighted by molar-refractivity contribution is 5.89. The summed E-state index contributed by atoms with van der Waals surface area (Å²) < 4.78 is 0. The van der Waals surface area contributed by atoms with Crippen molar-refractivity contribution in [2.45, 2.75) is 18.9 Å². The van der Waals surface area contributed by atoms with E-state index in [-0.39, 0.29) is 36.2 Å². The van der Waals surface area contributed by atoms with Gasteiger partial charge < -0.3 is 15.5 Å². The third-order valence-corrected chi connectivity index (χ3v) is 3.18. The van der Waals surface area contributed by atoms with Crippen molar-refractivity contribution in [1.29, 1.82) is 0 Å². The first-order valence-corrected chi connectivity index (χ1v) is 5.44. The summed E-state index contributed by atoms with van der Waals surface area (Å²) in [5.41, 5.74) is 0. The number of likely N-dealkylation sites (tertiary alicyclic amines) is 1. The lowest BCUT2D eigenvalue weighted by Crippen LogP contribution is -2.43. The summed E-state index contributed by atoms with van der Waals surface area (Å²) in [5.74, 6) is 0.103. The second-order valence-electron chi connectivity index (χ2n) is 4.30. The van der Waals surface area contributed by atoms with E-state index >= 15 is 0 Å². The molecule has 5 nitrogen and oxygen atoms in total. The molecule has 1 unspecified atom stereocenters. The molecule has 0 saturated carbocycles. The molecule has 2 heterocycles. The van der Waals surface area contributed by atoms with Gasteiger partial charge in [0.25, 0.3) is 0 Å². The number of carbonyl (C=O) groups is 2. The number of hydrogen-bond acceptors (Lipinski definition) is 3. The molecule has 6 heteroatoms. The van der Waals surface area contributed by atoms with Crippen LogP contribution in [-0.4, -0.2) is 49.4 Å². The maximum absolute atomic E-state index is 11.7. The monoisotopic (exact) mass is 247 g/mol. The van der Waals surface area contributed by atoms with Crippen LogP contribution >= 0.6 is 12.4 Å². The Balaban J connectivity index is 0.00000128. The number of carbonyl (C=O) groups excluding carboxylic acids is 2. The summed E-state index contributed by atoms with van der Waals surface area (Å²) in [5, 5.41) is 5.97. The van der Waals surface area contributed by atoms with E-state index in [2.05, 4.69) is 10.6 Å². The van der Waals surface area contributed by atoms with Gasteiger partial charge in [-0.25, -0.2) is 0 Å². The fourth-order valence-corrected chi connectivity index (χ4v) is 2.12. The lowest BCUT2D eigenvalue weighted by atomic mass is 10.1. The van der Waals surface area contributed by atoms with Crippen molar-refractivity contribution in [2.75, 3.05) is 26.7 Å². The van der Waals surface area contributed by atoms with Crippen LogP contribution in [0.5, 0.6) is 0 Å². The second kappa shape index (κ2) is 5.50. The number of halogens is 1. The van der Waals surface area contributed by atoms with Crippen molar-refractivity contribution in [2.24, 2.45) is 5.92 Å². The van der Waals surface area contributed by atoms with Gasteiger partial charge >= 0.3 is 0 Å². The molecule has 2 rings (SSSR count). The Hall–Kier alpha value is -0.810. The van der Waals surface area contributed by atoms with Gasteiger partial charge in [-0.05, 0) is 19.4 Å². The van der Waals surface area contributed by atoms with Crippen LogP contribution in [0.2, 0.25) is 0 Å². The van der Waals surface area contributed by atoms with Gasteiger partial charge in [0.1, 0.15) is 6.04 Å². The van der Waals surface area contributed by atoms with Crippen molar-refractivity contribution >= 4 is 24.2 Å². The Morgan fingerprint density at radius 2 is 2.25 bits per heavy atom. The van der Waals surface area contributed by atoms with Crippen LogP contribution in [0.15, 0.2) is 0 Å². The average Bonchev–Trinajstić information content (AvgIpc) is 2.83. The Bertz CT molecular complexity index is 279. The summed E-state index contributed by atoms with van der Waals surface area (Å²) in [7, 11) is 1.77. The summed E-state index contributed by atoms with van der Waals surface area (Å²) in [6.07, 6.45) is 1.61. The number of hydrogen-bond donors (Lipinski definition) is 2. The van der Waals surface area contributed by atoms with Gasteiger partial charge in [0.15, 0.2) is 0 Å². The van der Waals surface area contributed by atoms with Crippen LogP contribution in [-0.2, 0) is 9.59 Å². The van der Waals surface area contributed by atoms with E-state index in [1.54, 1.807) is 11.9 Å². The lowest BCUT2D eigenvalue weighted by molar-refractivity contribution is -0.133. The molecule has 0 aliphatic carbocycles. The van der Waals surface area contributed by atoms with Crippen LogP contribution in [0, 0.1) is 5.92 Å². The van der Waals surface area contributed by atoms with Gasteiger partial charge in [0.2, 0.25) is 11.8 Å². The normalized spacial score (nSPS) is 29.1. The fourth-order valence-electron chi connectivity index (χ4n) is 2.12. The fraction of sp³-hybridized carbons (Fsp3) is 0.800. The zero-order valence-corrected chi connectivity index (χ0v) is 10.2. The van der Waals surface area contributed by atoms with Crippen molar-refractivity contribution in [3.8, 4) is 0 Å². The number of amides is 2. The van der Waals surface area contributed by atoms with Crippen LogP contribution in [0.25, 0.3) is 0 Å². The maximum atomic E-state index is 11.7. The minimum atomic E-state index is -0.289. The molecule has 2 fully saturated rings. The molecule has 0 aromatic rings. The van der Waals surface area contributed by atoms with Gasteiger partial charge in [-0.1, -0.05) is 0 Å². The molecule has 2 atom stereocenters. The molecule has 0 spiro atoms. The third kappa shape index (κ3) is 2.65. The van der Waals surface area contributed by atoms with Gasteiger partial charge in [0, 0.05) is 20.1 Å². The summed E-state index contributed by atoms with van der Waals surface area (Å²) >= 11 is 0. The molecule has 2 N–H and O–H groups in total. The van der Waals surface area contributed by atoms with E-state index in [0.29, 0.717) is 0 Å². The van der Waals surface area contributed by atoms with Gasteiger partial charge in [0.05, 0.1) is 5.92 Å². The van der Waals surface area contributed by atoms with Crippen molar-refractivity contribution < 1.29 is 9.59 Å². The molecule has 0 radical (unpaired) electrons. The standard InChI is InChI=1S/C10H17N3O2.ClH/c1-13-5-3-8(10(13)15)12-9(14)7-2-4-11-6-7;/h7-8,11H,2-6H2,1H3,(H,12,14);1H/t7-,8?;/m1./s1. The zero-order valence-electron chi connectivity index (χ0n) is 9.36. The lowest BCUT2D eigenvalue weighted by Gasteiger charge is -2.14. The summed E-state index contributed by atoms with van der Waals surface area (Å²) in [4.78, 5) is 24.9. The minimum absolute atomic E-state index is 0. The molecular formula is C10H18ClN3O2. The van der Waals surface area contributed by atoms with E-state index in [1.165, 1.54) is 0 Å². The minimum Gasteiger partial charge on any atom is -0.344 e. The van der Waals surface area contributed by atoms with E-state index in [0.717, 1.165) is 32.5 Å². The van der Waals surface area contributed by atoms with Crippen LogP contribution in [0.3, 0.4) is 0 Å². The summed E-state index contributed by atoms with van der Waals surface area (Å²) in [6.45, 7) is 2.38. The van der Waals surface area contributed by atoms with Gasteiger partial charge in [-0.2, -0.15) is 0 Å². The molecule has 2 amide bonds. The molecule has 16 heavy (non-hydrogen) atoms. The van der Waals surface area contributed by atoms with Crippen molar-refractivity contribution in [1.82, 2.24) is 15.5 Å². The Labute approximate surface area is 101 Å². The number of nitrogens with one attached hydrogen (secondary N) is 2. The highest BCUT2D eigenvalue weighted by Crippen LogP contribution is 2.12. The van der Waals surface area contributed by atoms with Crippen LogP contribution in [0.4, 0.5) is 0 Å². The van der Waals surface area contributed by atoms with Crippen molar-refractivity contribution in [3.05, 3.63) is 0 Å². The topological polar surface area (TPSA) is 61.4 Å². The Kier molecular flexibility index (Phi) is 4.56. The van der Waals surface area contributed by atoms with E-state index in [4.69, 9.17) is 0 Å². The predicted octanol–water partition coefficient (Wildman–Crippen LogP) is -0.635. The van der Waals surface area contributed by atoms with E-state index < -0.39 is 0 Å². The van der Waals surface area contributed by atoms with Gasteiger partial charge in [-0.15, -0.1) is 12.4 Å². The smallest absolute Gasteiger partial charge is 0.244 e. The molecule has 2 aliphatic rings. The number of nitrogens with zero attached hydrogens (tertiary/aromatic N) is 1. The molecular weight excluding hydrogens is 230 g/mol. The highest BCUT2D eigenvalue weighted by atomic mass is 35.5. The van der Waals surface area contributed by atoms with Crippen molar-refractivity contribution in [3.63, 3.8) is 0 Å². The quantitative estimate of drug-likeness (QED) is 0.683. The largest absolute Gasteiger partial charge is 0.344 e. The Morgan fingerprint density at radius 1 is 1.50 bits per heavy atom. The summed E-state index contributed by atoms with van der Waals surface area (Å²) in [6, 6.07) is -0.289. The second-order valence-corrected chi connectivity index (χ2v) is 4.30. The first kappa shape index (κ1) is 13.3.